The summed E-state index contributed by atoms with van der Waals surface area (Å²) in [7, 11) is 1.66. The minimum Gasteiger partial charge on any atom is -0.468 e. The van der Waals surface area contributed by atoms with Crippen molar-refractivity contribution in [1.29, 1.82) is 0 Å². The van der Waals surface area contributed by atoms with E-state index in [1.807, 2.05) is 32.9 Å². The maximum Gasteiger partial charge on any atom is 0.410 e. The number of likely N-dealkylation sites (tertiary alicyclic amines) is 1. The average Bonchev–Trinajstić information content (AvgIpc) is 3.03. The van der Waals surface area contributed by atoms with Crippen molar-refractivity contribution in [3.05, 3.63) is 24.2 Å². The van der Waals surface area contributed by atoms with Gasteiger partial charge in [0, 0.05) is 13.7 Å². The molecule has 1 aliphatic rings. The first kappa shape index (κ1) is 15.9. The molecule has 0 bridgehead atoms. The lowest BCUT2D eigenvalue weighted by molar-refractivity contribution is 0.0252. The van der Waals surface area contributed by atoms with Crippen LogP contribution in [0.4, 0.5) is 4.79 Å². The molecule has 1 aromatic rings. The predicted molar refractivity (Wildman–Crippen MR) is 77.9 cm³/mol. The molecule has 6 heteroatoms. The second-order valence-electron chi connectivity index (χ2n) is 6.23. The molecule has 1 aliphatic heterocycles. The van der Waals surface area contributed by atoms with Gasteiger partial charge in [0.05, 0.1) is 31.5 Å². The molecule has 1 saturated heterocycles. The SMILES string of the molecule is CO[C@H]1CN(C(=O)OC(C)(C)C)CC1NCc1ccco1. The lowest BCUT2D eigenvalue weighted by atomic mass is 10.2. The Labute approximate surface area is 125 Å². The molecule has 0 aliphatic carbocycles. The van der Waals surface area contributed by atoms with Gasteiger partial charge in [-0.3, -0.25) is 0 Å². The third-order valence-electron chi connectivity index (χ3n) is 3.34. The van der Waals surface area contributed by atoms with Gasteiger partial charge in [-0.05, 0) is 32.9 Å². The summed E-state index contributed by atoms with van der Waals surface area (Å²) in [6, 6.07) is 3.83. The number of ether oxygens (including phenoxy) is 2. The van der Waals surface area contributed by atoms with Gasteiger partial charge in [0.2, 0.25) is 0 Å². The highest BCUT2D eigenvalue weighted by Crippen LogP contribution is 2.18. The Morgan fingerprint density at radius 2 is 2.24 bits per heavy atom. The van der Waals surface area contributed by atoms with E-state index in [2.05, 4.69) is 5.32 Å². The Morgan fingerprint density at radius 1 is 1.48 bits per heavy atom. The van der Waals surface area contributed by atoms with Crippen molar-refractivity contribution in [2.75, 3.05) is 20.2 Å². The van der Waals surface area contributed by atoms with Gasteiger partial charge in [-0.25, -0.2) is 4.79 Å². The molecule has 2 heterocycles. The van der Waals surface area contributed by atoms with Gasteiger partial charge in [0.1, 0.15) is 11.4 Å². The number of nitrogens with zero attached hydrogens (tertiary/aromatic N) is 1. The molecular formula is C15H24N2O4. The smallest absolute Gasteiger partial charge is 0.410 e. The summed E-state index contributed by atoms with van der Waals surface area (Å²) in [5.41, 5.74) is -0.487. The maximum absolute atomic E-state index is 12.1. The topological polar surface area (TPSA) is 63.9 Å². The summed E-state index contributed by atoms with van der Waals surface area (Å²) in [5, 5.41) is 3.36. The molecule has 0 spiro atoms. The van der Waals surface area contributed by atoms with Gasteiger partial charge in [-0.1, -0.05) is 0 Å². The van der Waals surface area contributed by atoms with Crippen LogP contribution in [0.5, 0.6) is 0 Å². The van der Waals surface area contributed by atoms with Crippen molar-refractivity contribution in [2.45, 2.75) is 45.1 Å². The molecule has 0 aromatic carbocycles. The second-order valence-corrected chi connectivity index (χ2v) is 6.23. The van der Waals surface area contributed by atoms with E-state index in [1.165, 1.54) is 0 Å². The summed E-state index contributed by atoms with van der Waals surface area (Å²) in [4.78, 5) is 13.8. The van der Waals surface area contributed by atoms with Gasteiger partial charge >= 0.3 is 6.09 Å². The van der Waals surface area contributed by atoms with Crippen molar-refractivity contribution >= 4 is 6.09 Å². The van der Waals surface area contributed by atoms with Gasteiger partial charge in [-0.15, -0.1) is 0 Å². The summed E-state index contributed by atoms with van der Waals surface area (Å²) in [6.45, 7) is 7.29. The fraction of sp³-hybridized carbons (Fsp3) is 0.667. The number of methoxy groups -OCH3 is 1. The molecule has 2 atom stereocenters. The Kier molecular flexibility index (Phi) is 4.90. The molecular weight excluding hydrogens is 272 g/mol. The molecule has 0 radical (unpaired) electrons. The molecule has 6 nitrogen and oxygen atoms in total. The molecule has 1 unspecified atom stereocenters. The molecule has 2 rings (SSSR count). The first-order valence-electron chi connectivity index (χ1n) is 7.15. The van der Waals surface area contributed by atoms with Crippen LogP contribution < -0.4 is 5.32 Å². The van der Waals surface area contributed by atoms with Crippen LogP contribution in [0.1, 0.15) is 26.5 Å². The highest BCUT2D eigenvalue weighted by Gasteiger charge is 2.37. The Balaban J connectivity index is 1.89. The van der Waals surface area contributed by atoms with Crippen molar-refractivity contribution in [2.24, 2.45) is 0 Å². The van der Waals surface area contributed by atoms with E-state index >= 15 is 0 Å². The number of carbonyl (C=O) groups is 1. The highest BCUT2D eigenvalue weighted by molar-refractivity contribution is 5.68. The Hall–Kier alpha value is -1.53. The van der Waals surface area contributed by atoms with Crippen LogP contribution in [0.15, 0.2) is 22.8 Å². The summed E-state index contributed by atoms with van der Waals surface area (Å²) in [5.74, 6) is 0.862. The van der Waals surface area contributed by atoms with Crippen LogP contribution in [0.3, 0.4) is 0 Å². The van der Waals surface area contributed by atoms with Crippen molar-refractivity contribution < 1.29 is 18.7 Å². The lowest BCUT2D eigenvalue weighted by Crippen LogP contribution is -2.40. The average molecular weight is 296 g/mol. The Bertz CT molecular complexity index is 453. The van der Waals surface area contributed by atoms with Crippen molar-refractivity contribution in [1.82, 2.24) is 10.2 Å². The molecule has 21 heavy (non-hydrogen) atoms. The number of hydrogen-bond donors (Lipinski definition) is 1. The third-order valence-corrected chi connectivity index (χ3v) is 3.34. The fourth-order valence-corrected chi connectivity index (χ4v) is 2.33. The van der Waals surface area contributed by atoms with Gasteiger partial charge in [-0.2, -0.15) is 0 Å². The summed E-state index contributed by atoms with van der Waals surface area (Å²) >= 11 is 0. The Morgan fingerprint density at radius 3 is 2.81 bits per heavy atom. The van der Waals surface area contributed by atoms with Crippen LogP contribution in [0.25, 0.3) is 0 Å². The van der Waals surface area contributed by atoms with E-state index in [4.69, 9.17) is 13.9 Å². The standard InChI is InChI=1S/C15H24N2O4/c1-15(2,3)21-14(18)17-9-12(13(10-17)19-4)16-8-11-6-5-7-20-11/h5-7,12-13,16H,8-10H2,1-4H3/t12?,13-/m0/s1. The fourth-order valence-electron chi connectivity index (χ4n) is 2.33. The zero-order valence-corrected chi connectivity index (χ0v) is 13.1. The van der Waals surface area contributed by atoms with Gasteiger partial charge < -0.3 is 24.1 Å². The van der Waals surface area contributed by atoms with E-state index in [1.54, 1.807) is 18.3 Å². The molecule has 1 fully saturated rings. The van der Waals surface area contributed by atoms with E-state index < -0.39 is 5.60 Å². The summed E-state index contributed by atoms with van der Waals surface area (Å²) in [6.07, 6.45) is 1.30. The number of nitrogens with one attached hydrogen (secondary N) is 1. The van der Waals surface area contributed by atoms with Crippen molar-refractivity contribution in [3.8, 4) is 0 Å². The van der Waals surface area contributed by atoms with Crippen LogP contribution in [0.2, 0.25) is 0 Å². The van der Waals surface area contributed by atoms with Gasteiger partial charge in [0.15, 0.2) is 0 Å². The van der Waals surface area contributed by atoms with E-state index in [0.717, 1.165) is 5.76 Å². The van der Waals surface area contributed by atoms with Gasteiger partial charge in [0.25, 0.3) is 0 Å². The van der Waals surface area contributed by atoms with Crippen LogP contribution in [0, 0.1) is 0 Å². The largest absolute Gasteiger partial charge is 0.468 e. The molecule has 1 aromatic heterocycles. The van der Waals surface area contributed by atoms with E-state index in [9.17, 15) is 4.79 Å². The minimum atomic E-state index is -0.487. The first-order valence-corrected chi connectivity index (χ1v) is 7.15. The second kappa shape index (κ2) is 6.49. The van der Waals surface area contributed by atoms with Crippen LogP contribution >= 0.6 is 0 Å². The predicted octanol–water partition coefficient (Wildman–Crippen LogP) is 2.00. The molecule has 118 valence electrons. The van der Waals surface area contributed by atoms with E-state index in [0.29, 0.717) is 19.6 Å². The number of rotatable bonds is 4. The number of carbonyl (C=O) groups excluding carboxylic acids is 1. The first-order chi connectivity index (χ1) is 9.89. The third kappa shape index (κ3) is 4.47. The summed E-state index contributed by atoms with van der Waals surface area (Å²) < 4.78 is 16.2. The molecule has 1 N–H and O–H groups in total. The zero-order valence-electron chi connectivity index (χ0n) is 13.1. The molecule has 0 saturated carbocycles. The van der Waals surface area contributed by atoms with E-state index in [-0.39, 0.29) is 18.2 Å². The normalized spacial score (nSPS) is 22.6. The van der Waals surface area contributed by atoms with Crippen LogP contribution in [-0.4, -0.2) is 48.9 Å². The maximum atomic E-state index is 12.1. The number of hydrogen-bond acceptors (Lipinski definition) is 5. The van der Waals surface area contributed by atoms with Crippen LogP contribution in [-0.2, 0) is 16.0 Å². The minimum absolute atomic E-state index is 0.0486. The molecule has 1 amide bonds. The zero-order chi connectivity index (χ0) is 15.5. The number of furan rings is 1. The quantitative estimate of drug-likeness (QED) is 0.920. The lowest BCUT2D eigenvalue weighted by Gasteiger charge is -2.24. The highest BCUT2D eigenvalue weighted by atomic mass is 16.6. The van der Waals surface area contributed by atoms with Crippen molar-refractivity contribution in [3.63, 3.8) is 0 Å². The monoisotopic (exact) mass is 296 g/mol. The number of amides is 1.